The fraction of sp³-hybridized carbons (Fsp3) is 0.643. The molecule has 0 bridgehead atoms. The molecule has 0 aromatic carbocycles. The molecule has 1 rings (SSSR count). The number of aromatic nitrogens is 2. The van der Waals surface area contributed by atoms with E-state index in [1.54, 1.807) is 13.0 Å². The first kappa shape index (κ1) is 16.4. The topological polar surface area (TPSA) is 68.5 Å². The van der Waals surface area contributed by atoms with Crippen LogP contribution >= 0.6 is 0 Å². The van der Waals surface area contributed by atoms with Gasteiger partial charge in [0.2, 0.25) is 5.89 Å². The number of carbonyl (C=O) groups excluding carboxylic acids is 1. The standard InChI is InChI=1S/C14H23N3O3/c1-5-7-17(10-14(18)19-6-2)9-12-15-13(20-16-12)8-11(3)4/h5,11H,1,6-10H2,2-4H3. The van der Waals surface area contributed by atoms with Crippen molar-refractivity contribution in [2.24, 2.45) is 5.92 Å². The van der Waals surface area contributed by atoms with E-state index >= 15 is 0 Å². The van der Waals surface area contributed by atoms with E-state index in [0.29, 0.717) is 37.3 Å². The van der Waals surface area contributed by atoms with Crippen molar-refractivity contribution < 1.29 is 14.1 Å². The predicted octanol–water partition coefficient (Wildman–Crippen LogP) is 1.82. The first-order valence-corrected chi connectivity index (χ1v) is 6.85. The Morgan fingerprint density at radius 2 is 2.30 bits per heavy atom. The smallest absolute Gasteiger partial charge is 0.320 e. The normalized spacial score (nSPS) is 11.1. The predicted molar refractivity (Wildman–Crippen MR) is 74.9 cm³/mol. The van der Waals surface area contributed by atoms with E-state index in [4.69, 9.17) is 9.26 Å². The van der Waals surface area contributed by atoms with Crippen molar-refractivity contribution in [3.05, 3.63) is 24.4 Å². The van der Waals surface area contributed by atoms with Crippen molar-refractivity contribution in [2.75, 3.05) is 19.7 Å². The summed E-state index contributed by atoms with van der Waals surface area (Å²) in [5.41, 5.74) is 0. The van der Waals surface area contributed by atoms with Crippen LogP contribution < -0.4 is 0 Å². The molecule has 0 aliphatic heterocycles. The highest BCUT2D eigenvalue weighted by Crippen LogP contribution is 2.07. The summed E-state index contributed by atoms with van der Waals surface area (Å²) in [6.07, 6.45) is 2.49. The minimum atomic E-state index is -0.264. The van der Waals surface area contributed by atoms with Crippen LogP contribution in [0.25, 0.3) is 0 Å². The lowest BCUT2D eigenvalue weighted by atomic mass is 10.1. The van der Waals surface area contributed by atoms with Crippen LogP contribution in [0.1, 0.15) is 32.5 Å². The minimum Gasteiger partial charge on any atom is -0.465 e. The Hall–Kier alpha value is -1.69. The molecule has 0 radical (unpaired) electrons. The van der Waals surface area contributed by atoms with Crippen molar-refractivity contribution in [1.82, 2.24) is 15.0 Å². The zero-order valence-electron chi connectivity index (χ0n) is 12.5. The zero-order chi connectivity index (χ0) is 15.0. The van der Waals surface area contributed by atoms with Gasteiger partial charge in [0, 0.05) is 13.0 Å². The number of hydrogen-bond acceptors (Lipinski definition) is 6. The van der Waals surface area contributed by atoms with E-state index in [2.05, 4.69) is 30.6 Å². The van der Waals surface area contributed by atoms with Crippen molar-refractivity contribution >= 4 is 5.97 Å². The second-order valence-corrected chi connectivity index (χ2v) is 4.97. The van der Waals surface area contributed by atoms with E-state index in [1.807, 2.05) is 4.90 Å². The fourth-order valence-electron chi connectivity index (χ4n) is 1.74. The largest absolute Gasteiger partial charge is 0.465 e. The van der Waals surface area contributed by atoms with E-state index in [1.165, 1.54) is 0 Å². The molecule has 20 heavy (non-hydrogen) atoms. The number of hydrogen-bond donors (Lipinski definition) is 0. The molecule has 0 amide bonds. The molecule has 0 spiro atoms. The van der Waals surface area contributed by atoms with E-state index < -0.39 is 0 Å². The van der Waals surface area contributed by atoms with Crippen LogP contribution in [-0.4, -0.2) is 40.7 Å². The lowest BCUT2D eigenvalue weighted by Crippen LogP contribution is -2.31. The van der Waals surface area contributed by atoms with Crippen molar-refractivity contribution in [3.63, 3.8) is 0 Å². The summed E-state index contributed by atoms with van der Waals surface area (Å²) in [6.45, 7) is 11.2. The highest BCUT2D eigenvalue weighted by atomic mass is 16.5. The Labute approximate surface area is 119 Å². The molecular formula is C14H23N3O3. The molecule has 0 saturated carbocycles. The number of carbonyl (C=O) groups is 1. The molecule has 6 heteroatoms. The second kappa shape index (κ2) is 8.47. The first-order chi connectivity index (χ1) is 9.55. The van der Waals surface area contributed by atoms with Gasteiger partial charge in [-0.3, -0.25) is 9.69 Å². The van der Waals surface area contributed by atoms with Gasteiger partial charge < -0.3 is 9.26 Å². The summed E-state index contributed by atoms with van der Waals surface area (Å²) >= 11 is 0. The van der Waals surface area contributed by atoms with Gasteiger partial charge in [0.25, 0.3) is 0 Å². The molecule has 0 fully saturated rings. The minimum absolute atomic E-state index is 0.188. The quantitative estimate of drug-likeness (QED) is 0.508. The van der Waals surface area contributed by atoms with Gasteiger partial charge in [-0.25, -0.2) is 0 Å². The Balaban J connectivity index is 2.58. The summed E-state index contributed by atoms with van der Waals surface area (Å²) in [7, 11) is 0. The lowest BCUT2D eigenvalue weighted by molar-refractivity contribution is -0.144. The molecule has 112 valence electrons. The van der Waals surface area contributed by atoms with Crippen LogP contribution in [0.15, 0.2) is 17.2 Å². The molecule has 0 N–H and O–H groups in total. The number of rotatable bonds is 9. The van der Waals surface area contributed by atoms with Gasteiger partial charge in [-0.2, -0.15) is 4.98 Å². The Kier molecular flexibility index (Phi) is 6.93. The lowest BCUT2D eigenvalue weighted by Gasteiger charge is -2.17. The van der Waals surface area contributed by atoms with Crippen LogP contribution in [0, 0.1) is 5.92 Å². The van der Waals surface area contributed by atoms with Gasteiger partial charge in [0.15, 0.2) is 5.82 Å². The van der Waals surface area contributed by atoms with Gasteiger partial charge in [0.1, 0.15) is 0 Å². The highest BCUT2D eigenvalue weighted by molar-refractivity contribution is 5.71. The Bertz CT molecular complexity index is 429. The SMILES string of the molecule is C=CCN(CC(=O)OCC)Cc1noc(CC(C)C)n1. The van der Waals surface area contributed by atoms with Gasteiger partial charge in [-0.1, -0.05) is 25.1 Å². The number of nitrogens with zero attached hydrogens (tertiary/aromatic N) is 3. The molecular weight excluding hydrogens is 258 g/mol. The summed E-state index contributed by atoms with van der Waals surface area (Å²) < 4.78 is 10.1. The average Bonchev–Trinajstić information content (AvgIpc) is 2.76. The maximum atomic E-state index is 11.5. The summed E-state index contributed by atoms with van der Waals surface area (Å²) in [5, 5.41) is 3.93. The van der Waals surface area contributed by atoms with Crippen molar-refractivity contribution in [2.45, 2.75) is 33.7 Å². The maximum absolute atomic E-state index is 11.5. The van der Waals surface area contributed by atoms with Crippen molar-refractivity contribution in [1.29, 1.82) is 0 Å². The van der Waals surface area contributed by atoms with Gasteiger partial charge in [-0.15, -0.1) is 6.58 Å². The molecule has 1 heterocycles. The van der Waals surface area contributed by atoms with Gasteiger partial charge >= 0.3 is 5.97 Å². The summed E-state index contributed by atoms with van der Waals surface area (Å²) in [5.74, 6) is 1.41. The maximum Gasteiger partial charge on any atom is 0.320 e. The fourth-order valence-corrected chi connectivity index (χ4v) is 1.74. The van der Waals surface area contributed by atoms with E-state index in [-0.39, 0.29) is 12.5 Å². The molecule has 0 saturated heterocycles. The van der Waals surface area contributed by atoms with Crippen LogP contribution in [0.3, 0.4) is 0 Å². The second-order valence-electron chi connectivity index (χ2n) is 4.97. The highest BCUT2D eigenvalue weighted by Gasteiger charge is 2.15. The van der Waals surface area contributed by atoms with E-state index in [0.717, 1.165) is 6.42 Å². The third-order valence-corrected chi connectivity index (χ3v) is 2.50. The molecule has 0 aliphatic carbocycles. The monoisotopic (exact) mass is 281 g/mol. The summed E-state index contributed by atoms with van der Waals surface area (Å²) in [6, 6.07) is 0. The molecule has 1 aromatic heterocycles. The Morgan fingerprint density at radius 3 is 2.90 bits per heavy atom. The third-order valence-electron chi connectivity index (χ3n) is 2.50. The Morgan fingerprint density at radius 1 is 1.55 bits per heavy atom. The zero-order valence-corrected chi connectivity index (χ0v) is 12.5. The third kappa shape index (κ3) is 5.97. The molecule has 0 unspecified atom stereocenters. The molecule has 0 aliphatic rings. The van der Waals surface area contributed by atoms with Crippen LogP contribution in [0.5, 0.6) is 0 Å². The van der Waals surface area contributed by atoms with Crippen molar-refractivity contribution in [3.8, 4) is 0 Å². The first-order valence-electron chi connectivity index (χ1n) is 6.85. The number of ether oxygens (including phenoxy) is 1. The van der Waals surface area contributed by atoms with Crippen LogP contribution in [0.4, 0.5) is 0 Å². The molecule has 1 aromatic rings. The average molecular weight is 281 g/mol. The van der Waals surface area contributed by atoms with E-state index in [9.17, 15) is 4.79 Å². The van der Waals surface area contributed by atoms with Crippen LogP contribution in [-0.2, 0) is 22.5 Å². The number of esters is 1. The van der Waals surface area contributed by atoms with Gasteiger partial charge in [-0.05, 0) is 12.8 Å². The molecule has 6 nitrogen and oxygen atoms in total. The van der Waals surface area contributed by atoms with Crippen LogP contribution in [0.2, 0.25) is 0 Å². The molecule has 0 atom stereocenters. The van der Waals surface area contributed by atoms with Gasteiger partial charge in [0.05, 0.1) is 19.7 Å². The summed E-state index contributed by atoms with van der Waals surface area (Å²) in [4.78, 5) is 17.7.